The molecule has 2 amide bonds. The van der Waals surface area contributed by atoms with Gasteiger partial charge in [0.15, 0.2) is 0 Å². The van der Waals surface area contributed by atoms with E-state index in [9.17, 15) is 9.59 Å². The lowest BCUT2D eigenvalue weighted by Gasteiger charge is -2.19. The molecule has 0 radical (unpaired) electrons. The van der Waals surface area contributed by atoms with E-state index < -0.39 is 6.04 Å². The average Bonchev–Trinajstić information content (AvgIpc) is 2.55. The molecule has 120 valence electrons. The van der Waals surface area contributed by atoms with E-state index in [-0.39, 0.29) is 17.9 Å². The Labute approximate surface area is 140 Å². The van der Waals surface area contributed by atoms with Crippen molar-refractivity contribution in [2.24, 2.45) is 0 Å². The second kappa shape index (κ2) is 7.79. The van der Waals surface area contributed by atoms with Crippen LogP contribution in [0.5, 0.6) is 0 Å². The van der Waals surface area contributed by atoms with Crippen LogP contribution in [0, 0.1) is 0 Å². The summed E-state index contributed by atoms with van der Waals surface area (Å²) >= 11 is 5.95. The van der Waals surface area contributed by atoms with Crippen molar-refractivity contribution in [2.75, 3.05) is 0 Å². The second-order valence-corrected chi connectivity index (χ2v) is 5.78. The minimum atomic E-state index is -0.635. The quantitative estimate of drug-likeness (QED) is 0.883. The van der Waals surface area contributed by atoms with Crippen molar-refractivity contribution < 1.29 is 9.59 Å². The first-order chi connectivity index (χ1) is 11.0. The highest BCUT2D eigenvalue weighted by atomic mass is 35.5. The van der Waals surface area contributed by atoms with Crippen molar-refractivity contribution >= 4 is 23.4 Å². The SMILES string of the molecule is CC(NC(=O)c1ccccc1)C(=O)NC(C)c1cccc(Cl)c1. The van der Waals surface area contributed by atoms with Crippen LogP contribution in [0.1, 0.15) is 35.8 Å². The molecule has 0 spiro atoms. The van der Waals surface area contributed by atoms with Gasteiger partial charge in [0.25, 0.3) is 5.91 Å². The number of hydrogen-bond donors (Lipinski definition) is 2. The van der Waals surface area contributed by atoms with Crippen molar-refractivity contribution in [3.8, 4) is 0 Å². The molecular weight excluding hydrogens is 312 g/mol. The maximum atomic E-state index is 12.2. The third-order valence-electron chi connectivity index (χ3n) is 3.48. The smallest absolute Gasteiger partial charge is 0.251 e. The molecule has 2 N–H and O–H groups in total. The molecular formula is C18H19ClN2O2. The maximum absolute atomic E-state index is 12.2. The van der Waals surface area contributed by atoms with E-state index in [2.05, 4.69) is 10.6 Å². The van der Waals surface area contributed by atoms with Gasteiger partial charge in [-0.1, -0.05) is 41.9 Å². The Bertz CT molecular complexity index is 688. The molecule has 0 aliphatic carbocycles. The molecule has 23 heavy (non-hydrogen) atoms. The summed E-state index contributed by atoms with van der Waals surface area (Å²) < 4.78 is 0. The van der Waals surface area contributed by atoms with Crippen molar-refractivity contribution in [3.63, 3.8) is 0 Å². The largest absolute Gasteiger partial charge is 0.348 e. The molecule has 0 fully saturated rings. The van der Waals surface area contributed by atoms with Gasteiger partial charge in [-0.2, -0.15) is 0 Å². The Kier molecular flexibility index (Phi) is 5.77. The summed E-state index contributed by atoms with van der Waals surface area (Å²) in [6, 6.07) is 15.3. The van der Waals surface area contributed by atoms with Gasteiger partial charge in [0.2, 0.25) is 5.91 Å². The monoisotopic (exact) mass is 330 g/mol. The van der Waals surface area contributed by atoms with Gasteiger partial charge in [-0.3, -0.25) is 9.59 Å². The number of carbonyl (C=O) groups excluding carboxylic acids is 2. The van der Waals surface area contributed by atoms with Gasteiger partial charge in [0.1, 0.15) is 6.04 Å². The lowest BCUT2D eigenvalue weighted by molar-refractivity contribution is -0.123. The van der Waals surface area contributed by atoms with Gasteiger partial charge in [-0.05, 0) is 43.7 Å². The molecule has 0 saturated heterocycles. The maximum Gasteiger partial charge on any atom is 0.251 e. The predicted molar refractivity (Wildman–Crippen MR) is 91.4 cm³/mol. The molecule has 5 heteroatoms. The fraction of sp³-hybridized carbons (Fsp3) is 0.222. The minimum Gasteiger partial charge on any atom is -0.348 e. The highest BCUT2D eigenvalue weighted by Crippen LogP contribution is 2.17. The van der Waals surface area contributed by atoms with Crippen molar-refractivity contribution in [1.82, 2.24) is 10.6 Å². The zero-order chi connectivity index (χ0) is 16.8. The van der Waals surface area contributed by atoms with Gasteiger partial charge in [0, 0.05) is 10.6 Å². The van der Waals surface area contributed by atoms with Crippen molar-refractivity contribution in [2.45, 2.75) is 25.9 Å². The summed E-state index contributed by atoms with van der Waals surface area (Å²) in [4.78, 5) is 24.3. The van der Waals surface area contributed by atoms with Crippen LogP contribution in [0.3, 0.4) is 0 Å². The normalized spacial score (nSPS) is 13.0. The summed E-state index contributed by atoms with van der Waals surface area (Å²) in [5, 5.41) is 6.17. The summed E-state index contributed by atoms with van der Waals surface area (Å²) in [5.74, 6) is -0.523. The van der Waals surface area contributed by atoms with Crippen LogP contribution < -0.4 is 10.6 Å². The second-order valence-electron chi connectivity index (χ2n) is 5.35. The first kappa shape index (κ1) is 17.0. The van der Waals surface area contributed by atoms with Crippen LogP contribution in [0.2, 0.25) is 5.02 Å². The topological polar surface area (TPSA) is 58.2 Å². The molecule has 0 bridgehead atoms. The van der Waals surface area contributed by atoms with Crippen LogP contribution in [-0.2, 0) is 4.79 Å². The molecule has 0 heterocycles. The molecule has 2 aromatic rings. The molecule has 0 aromatic heterocycles. The number of rotatable bonds is 5. The fourth-order valence-corrected chi connectivity index (χ4v) is 2.33. The van der Waals surface area contributed by atoms with Crippen LogP contribution in [0.25, 0.3) is 0 Å². The Balaban J connectivity index is 1.93. The molecule has 0 saturated carbocycles. The van der Waals surface area contributed by atoms with Crippen LogP contribution in [0.15, 0.2) is 54.6 Å². The average molecular weight is 331 g/mol. The van der Waals surface area contributed by atoms with E-state index in [1.165, 1.54) is 0 Å². The first-order valence-corrected chi connectivity index (χ1v) is 7.77. The number of halogens is 1. The predicted octanol–water partition coefficient (Wildman–Crippen LogP) is 3.34. The minimum absolute atomic E-state index is 0.197. The third-order valence-corrected chi connectivity index (χ3v) is 3.72. The number of amides is 2. The molecule has 2 aromatic carbocycles. The lowest BCUT2D eigenvalue weighted by Crippen LogP contribution is -2.45. The van der Waals surface area contributed by atoms with Crippen LogP contribution in [0.4, 0.5) is 0 Å². The molecule has 2 rings (SSSR count). The van der Waals surface area contributed by atoms with Gasteiger partial charge in [-0.15, -0.1) is 0 Å². The number of hydrogen-bond acceptors (Lipinski definition) is 2. The van der Waals surface area contributed by atoms with Crippen molar-refractivity contribution in [3.05, 3.63) is 70.7 Å². The highest BCUT2D eigenvalue weighted by molar-refractivity contribution is 6.30. The van der Waals surface area contributed by atoms with Gasteiger partial charge in [0.05, 0.1) is 6.04 Å². The summed E-state index contributed by atoms with van der Waals surface area (Å²) in [6.07, 6.45) is 0. The van der Waals surface area contributed by atoms with E-state index in [1.54, 1.807) is 43.3 Å². The first-order valence-electron chi connectivity index (χ1n) is 7.39. The van der Waals surface area contributed by atoms with E-state index >= 15 is 0 Å². The summed E-state index contributed by atoms with van der Waals surface area (Å²) in [5.41, 5.74) is 1.43. The summed E-state index contributed by atoms with van der Waals surface area (Å²) in [6.45, 7) is 3.52. The molecule has 2 atom stereocenters. The zero-order valence-corrected chi connectivity index (χ0v) is 13.8. The van der Waals surface area contributed by atoms with Crippen LogP contribution in [-0.4, -0.2) is 17.9 Å². The Morgan fingerprint density at radius 3 is 2.30 bits per heavy atom. The van der Waals surface area contributed by atoms with Gasteiger partial charge < -0.3 is 10.6 Å². The highest BCUT2D eigenvalue weighted by Gasteiger charge is 2.18. The van der Waals surface area contributed by atoms with Crippen LogP contribution >= 0.6 is 11.6 Å². The molecule has 0 aliphatic rings. The van der Waals surface area contributed by atoms with E-state index in [0.717, 1.165) is 5.56 Å². The van der Waals surface area contributed by atoms with Gasteiger partial charge in [-0.25, -0.2) is 0 Å². The number of benzene rings is 2. The number of nitrogens with one attached hydrogen (secondary N) is 2. The Hall–Kier alpha value is -2.33. The van der Waals surface area contributed by atoms with Crippen molar-refractivity contribution in [1.29, 1.82) is 0 Å². The number of carbonyl (C=O) groups is 2. The zero-order valence-electron chi connectivity index (χ0n) is 13.0. The molecule has 0 aliphatic heterocycles. The molecule has 2 unspecified atom stereocenters. The fourth-order valence-electron chi connectivity index (χ4n) is 2.13. The Morgan fingerprint density at radius 2 is 1.65 bits per heavy atom. The Morgan fingerprint density at radius 1 is 0.957 bits per heavy atom. The van der Waals surface area contributed by atoms with E-state index in [0.29, 0.717) is 10.6 Å². The van der Waals surface area contributed by atoms with Gasteiger partial charge >= 0.3 is 0 Å². The van der Waals surface area contributed by atoms with E-state index in [4.69, 9.17) is 11.6 Å². The third kappa shape index (κ3) is 4.83. The lowest BCUT2D eigenvalue weighted by atomic mass is 10.1. The standard InChI is InChI=1S/C18H19ClN2O2/c1-12(15-9-6-10-16(19)11-15)20-17(22)13(2)21-18(23)14-7-4-3-5-8-14/h3-13H,1-2H3,(H,20,22)(H,21,23). The summed E-state index contributed by atoms with van der Waals surface area (Å²) in [7, 11) is 0. The van der Waals surface area contributed by atoms with E-state index in [1.807, 2.05) is 25.1 Å². The molecule has 4 nitrogen and oxygen atoms in total.